The molecule has 1 saturated carbocycles. The van der Waals surface area contributed by atoms with Crippen LogP contribution in [-0.4, -0.2) is 17.6 Å². The van der Waals surface area contributed by atoms with Crippen LogP contribution in [0.1, 0.15) is 48.8 Å². The van der Waals surface area contributed by atoms with Crippen molar-refractivity contribution in [2.75, 3.05) is 6.54 Å². The van der Waals surface area contributed by atoms with Gasteiger partial charge in [0.05, 0.1) is 12.0 Å². The van der Waals surface area contributed by atoms with E-state index in [0.29, 0.717) is 11.4 Å². The lowest BCUT2D eigenvalue weighted by Crippen LogP contribution is -2.47. The van der Waals surface area contributed by atoms with Gasteiger partial charge in [0.25, 0.3) is 0 Å². The first-order valence-corrected chi connectivity index (χ1v) is 9.76. The van der Waals surface area contributed by atoms with Crippen molar-refractivity contribution >= 4 is 17.5 Å². The third kappa shape index (κ3) is 2.93. The van der Waals surface area contributed by atoms with Crippen molar-refractivity contribution in [1.82, 2.24) is 5.32 Å². The van der Waals surface area contributed by atoms with Crippen molar-refractivity contribution in [3.05, 3.63) is 70.2 Å². The highest BCUT2D eigenvalue weighted by molar-refractivity contribution is 6.30. The molecule has 2 aromatic carbocycles. The second-order valence-electron chi connectivity index (χ2n) is 7.67. The van der Waals surface area contributed by atoms with Crippen LogP contribution in [0.3, 0.4) is 0 Å². The number of fused-ring (bicyclic) bond motifs is 1. The molecular formula is C22H24ClNO2. The molecule has 0 aliphatic heterocycles. The molecule has 2 N–H and O–H groups in total. The van der Waals surface area contributed by atoms with Crippen LogP contribution in [-0.2, 0) is 22.2 Å². The zero-order valence-corrected chi connectivity index (χ0v) is 15.6. The molecule has 2 aromatic rings. The van der Waals surface area contributed by atoms with Crippen molar-refractivity contribution in [2.45, 2.75) is 49.5 Å². The zero-order valence-electron chi connectivity index (χ0n) is 14.8. The standard InChI is InChI=1S/C22H24ClNO2/c23-18-9-7-17(8-10-18)21(12-3-4-13-21)20(25)24-15-22(26)14-11-16-5-1-2-6-19(16)22/h1-2,5-10,26H,3-4,11-15H2,(H,24,25)/t22-/m0/s1. The van der Waals surface area contributed by atoms with Crippen LogP contribution in [0.5, 0.6) is 0 Å². The van der Waals surface area contributed by atoms with Crippen LogP contribution in [0.15, 0.2) is 48.5 Å². The minimum Gasteiger partial charge on any atom is -0.383 e. The highest BCUT2D eigenvalue weighted by atomic mass is 35.5. The SMILES string of the molecule is O=C(NC[C@@]1(O)CCc2ccccc21)C1(c2ccc(Cl)cc2)CCCC1. The summed E-state index contributed by atoms with van der Waals surface area (Å²) in [6.45, 7) is 0.262. The number of aliphatic hydroxyl groups is 1. The molecule has 1 atom stereocenters. The van der Waals surface area contributed by atoms with Crippen LogP contribution in [0.2, 0.25) is 5.02 Å². The number of carbonyl (C=O) groups is 1. The maximum atomic E-state index is 13.2. The summed E-state index contributed by atoms with van der Waals surface area (Å²) >= 11 is 6.02. The summed E-state index contributed by atoms with van der Waals surface area (Å²) < 4.78 is 0. The fraction of sp³-hybridized carbons (Fsp3) is 0.409. The topological polar surface area (TPSA) is 49.3 Å². The number of benzene rings is 2. The number of hydrogen-bond donors (Lipinski definition) is 2. The third-order valence-electron chi connectivity index (χ3n) is 6.16. The number of carbonyl (C=O) groups excluding carboxylic acids is 1. The van der Waals surface area contributed by atoms with Gasteiger partial charge in [0.15, 0.2) is 0 Å². The van der Waals surface area contributed by atoms with E-state index in [2.05, 4.69) is 11.4 Å². The Balaban J connectivity index is 1.54. The van der Waals surface area contributed by atoms with E-state index in [9.17, 15) is 9.90 Å². The van der Waals surface area contributed by atoms with E-state index in [4.69, 9.17) is 11.6 Å². The summed E-state index contributed by atoms with van der Waals surface area (Å²) in [5.41, 5.74) is 1.69. The smallest absolute Gasteiger partial charge is 0.230 e. The Kier molecular flexibility index (Phi) is 4.54. The Hall–Kier alpha value is -1.84. The van der Waals surface area contributed by atoms with E-state index in [1.807, 2.05) is 42.5 Å². The van der Waals surface area contributed by atoms with Gasteiger partial charge < -0.3 is 10.4 Å². The predicted molar refractivity (Wildman–Crippen MR) is 103 cm³/mol. The Bertz CT molecular complexity index is 811. The average Bonchev–Trinajstić information content (AvgIpc) is 3.28. The van der Waals surface area contributed by atoms with E-state index in [0.717, 1.165) is 43.2 Å². The molecule has 2 aliphatic rings. The number of hydrogen-bond acceptors (Lipinski definition) is 2. The molecular weight excluding hydrogens is 346 g/mol. The summed E-state index contributed by atoms with van der Waals surface area (Å²) in [6.07, 6.45) is 5.28. The number of amides is 1. The fourth-order valence-electron chi connectivity index (χ4n) is 4.64. The van der Waals surface area contributed by atoms with E-state index in [1.165, 1.54) is 5.56 Å². The first kappa shape index (κ1) is 17.6. The number of nitrogens with one attached hydrogen (secondary N) is 1. The van der Waals surface area contributed by atoms with Gasteiger partial charge in [-0.05, 0) is 54.5 Å². The fourth-order valence-corrected chi connectivity index (χ4v) is 4.77. The summed E-state index contributed by atoms with van der Waals surface area (Å²) in [6, 6.07) is 15.6. The quantitative estimate of drug-likeness (QED) is 0.852. The second kappa shape index (κ2) is 6.71. The minimum atomic E-state index is -0.966. The van der Waals surface area contributed by atoms with Crippen LogP contribution >= 0.6 is 11.6 Å². The van der Waals surface area contributed by atoms with Crippen molar-refractivity contribution in [3.8, 4) is 0 Å². The lowest BCUT2D eigenvalue weighted by atomic mass is 9.78. The Labute approximate surface area is 159 Å². The minimum absolute atomic E-state index is 0.0233. The van der Waals surface area contributed by atoms with Crippen LogP contribution in [0.4, 0.5) is 0 Å². The van der Waals surface area contributed by atoms with Gasteiger partial charge in [-0.2, -0.15) is 0 Å². The van der Waals surface area contributed by atoms with E-state index in [-0.39, 0.29) is 12.5 Å². The second-order valence-corrected chi connectivity index (χ2v) is 8.10. The van der Waals surface area contributed by atoms with E-state index >= 15 is 0 Å². The third-order valence-corrected chi connectivity index (χ3v) is 6.41. The molecule has 4 heteroatoms. The lowest BCUT2D eigenvalue weighted by molar-refractivity contribution is -0.128. The zero-order chi connectivity index (χ0) is 18.2. The Morgan fingerprint density at radius 2 is 1.73 bits per heavy atom. The Morgan fingerprint density at radius 1 is 1.04 bits per heavy atom. The molecule has 26 heavy (non-hydrogen) atoms. The molecule has 0 bridgehead atoms. The van der Waals surface area contributed by atoms with Gasteiger partial charge in [0, 0.05) is 5.02 Å². The lowest BCUT2D eigenvalue weighted by Gasteiger charge is -2.31. The normalized spacial score (nSPS) is 23.6. The molecule has 1 amide bonds. The molecule has 4 rings (SSSR count). The molecule has 0 spiro atoms. The monoisotopic (exact) mass is 369 g/mol. The van der Waals surface area contributed by atoms with Crippen LogP contribution in [0, 0.1) is 0 Å². The molecule has 2 aliphatic carbocycles. The van der Waals surface area contributed by atoms with Gasteiger partial charge >= 0.3 is 0 Å². The molecule has 0 heterocycles. The number of halogens is 1. The van der Waals surface area contributed by atoms with Gasteiger partial charge in [0.1, 0.15) is 5.60 Å². The summed E-state index contributed by atoms with van der Waals surface area (Å²) in [4.78, 5) is 13.2. The van der Waals surface area contributed by atoms with Gasteiger partial charge in [-0.25, -0.2) is 0 Å². The van der Waals surface area contributed by atoms with E-state index in [1.54, 1.807) is 0 Å². The van der Waals surface area contributed by atoms with Crippen molar-refractivity contribution in [3.63, 3.8) is 0 Å². The number of rotatable bonds is 4. The summed E-state index contributed by atoms with van der Waals surface area (Å²) in [7, 11) is 0. The first-order chi connectivity index (χ1) is 12.5. The molecule has 0 saturated heterocycles. The molecule has 0 radical (unpaired) electrons. The molecule has 1 fully saturated rings. The van der Waals surface area contributed by atoms with Gasteiger partial charge in [-0.1, -0.05) is 60.8 Å². The van der Waals surface area contributed by atoms with Crippen LogP contribution < -0.4 is 5.32 Å². The van der Waals surface area contributed by atoms with Gasteiger partial charge in [0.2, 0.25) is 5.91 Å². The first-order valence-electron chi connectivity index (χ1n) is 9.39. The highest BCUT2D eigenvalue weighted by Crippen LogP contribution is 2.42. The molecule has 0 aromatic heterocycles. The largest absolute Gasteiger partial charge is 0.383 e. The van der Waals surface area contributed by atoms with Gasteiger partial charge in [-0.3, -0.25) is 4.79 Å². The highest BCUT2D eigenvalue weighted by Gasteiger charge is 2.44. The maximum Gasteiger partial charge on any atom is 0.230 e. The predicted octanol–water partition coefficient (Wildman–Crippen LogP) is 4.10. The van der Waals surface area contributed by atoms with Crippen molar-refractivity contribution in [1.29, 1.82) is 0 Å². The molecule has 136 valence electrons. The van der Waals surface area contributed by atoms with Crippen molar-refractivity contribution in [2.24, 2.45) is 0 Å². The van der Waals surface area contributed by atoms with Gasteiger partial charge in [-0.15, -0.1) is 0 Å². The summed E-state index contributed by atoms with van der Waals surface area (Å²) in [5.74, 6) is 0.0233. The molecule has 3 nitrogen and oxygen atoms in total. The summed E-state index contributed by atoms with van der Waals surface area (Å²) in [5, 5.41) is 14.9. The van der Waals surface area contributed by atoms with Crippen LogP contribution in [0.25, 0.3) is 0 Å². The maximum absolute atomic E-state index is 13.2. The number of aryl methyl sites for hydroxylation is 1. The molecule has 0 unspecified atom stereocenters. The van der Waals surface area contributed by atoms with Crippen molar-refractivity contribution < 1.29 is 9.90 Å². The average molecular weight is 370 g/mol. The Morgan fingerprint density at radius 3 is 2.46 bits per heavy atom. The van der Waals surface area contributed by atoms with E-state index < -0.39 is 11.0 Å².